The monoisotopic (exact) mass is 302 g/mol. The second kappa shape index (κ2) is 7.48. The lowest BCUT2D eigenvalue weighted by atomic mass is 10.1. The van der Waals surface area contributed by atoms with Crippen molar-refractivity contribution in [3.8, 4) is 0 Å². The number of benzene rings is 2. The number of rotatable bonds is 6. The molecule has 0 aliphatic carbocycles. The largest absolute Gasteiger partial charge is 0.344 e. The molecule has 0 radical (unpaired) electrons. The minimum absolute atomic E-state index is 0.646. The van der Waals surface area contributed by atoms with Crippen LogP contribution in [0.25, 0.3) is 0 Å². The van der Waals surface area contributed by atoms with Gasteiger partial charge in [-0.2, -0.15) is 0 Å². The summed E-state index contributed by atoms with van der Waals surface area (Å²) < 4.78 is 0. The van der Waals surface area contributed by atoms with Gasteiger partial charge in [-0.25, -0.2) is 0 Å². The van der Waals surface area contributed by atoms with Crippen molar-refractivity contribution in [3.63, 3.8) is 0 Å². The third-order valence-corrected chi connectivity index (χ3v) is 3.66. The topological polar surface area (TPSA) is 15.3 Å². The van der Waals surface area contributed by atoms with E-state index in [2.05, 4.69) is 49.3 Å². The Bertz CT molecular complexity index is 567. The molecule has 0 saturated heterocycles. The zero-order valence-electron chi connectivity index (χ0n) is 12.9. The summed E-state index contributed by atoms with van der Waals surface area (Å²) in [6, 6.07) is 16.4. The summed E-state index contributed by atoms with van der Waals surface area (Å²) in [5.74, 6) is 0.646. The lowest BCUT2D eigenvalue weighted by molar-refractivity contribution is 0.552. The Hall–Kier alpha value is -1.51. The van der Waals surface area contributed by atoms with Gasteiger partial charge in [-0.1, -0.05) is 49.7 Å². The van der Waals surface area contributed by atoms with Crippen LogP contribution in [0.3, 0.4) is 0 Å². The zero-order valence-corrected chi connectivity index (χ0v) is 13.7. The van der Waals surface area contributed by atoms with E-state index in [-0.39, 0.29) is 0 Å². The van der Waals surface area contributed by atoms with Gasteiger partial charge in [0.15, 0.2) is 0 Å². The van der Waals surface area contributed by atoms with E-state index in [0.29, 0.717) is 5.92 Å². The number of hydrogen-bond acceptors (Lipinski definition) is 2. The van der Waals surface area contributed by atoms with Crippen LogP contribution in [0.1, 0.15) is 19.4 Å². The van der Waals surface area contributed by atoms with Crippen LogP contribution >= 0.6 is 11.6 Å². The van der Waals surface area contributed by atoms with Crippen molar-refractivity contribution < 1.29 is 0 Å². The van der Waals surface area contributed by atoms with Crippen LogP contribution < -0.4 is 10.2 Å². The van der Waals surface area contributed by atoms with Crippen LogP contribution in [0.4, 0.5) is 11.4 Å². The van der Waals surface area contributed by atoms with Gasteiger partial charge in [0.05, 0.1) is 0 Å². The molecule has 0 aliphatic rings. The first-order chi connectivity index (χ1) is 10.1. The average Bonchev–Trinajstić information content (AvgIpc) is 2.48. The fourth-order valence-electron chi connectivity index (χ4n) is 2.28. The number of nitrogens with one attached hydrogen (secondary N) is 1. The molecule has 2 rings (SSSR count). The summed E-state index contributed by atoms with van der Waals surface area (Å²) in [5.41, 5.74) is 3.56. The van der Waals surface area contributed by atoms with E-state index in [1.54, 1.807) is 0 Å². The molecule has 21 heavy (non-hydrogen) atoms. The summed E-state index contributed by atoms with van der Waals surface area (Å²) in [7, 11) is 2.08. The summed E-state index contributed by atoms with van der Waals surface area (Å²) in [6.45, 7) is 6.29. The zero-order chi connectivity index (χ0) is 15.2. The van der Waals surface area contributed by atoms with Gasteiger partial charge in [-0.05, 0) is 42.3 Å². The molecule has 0 aromatic heterocycles. The van der Waals surface area contributed by atoms with Crippen molar-refractivity contribution in [3.05, 3.63) is 59.1 Å². The van der Waals surface area contributed by atoms with E-state index in [1.807, 2.05) is 30.3 Å². The Morgan fingerprint density at radius 3 is 2.48 bits per heavy atom. The molecule has 3 heteroatoms. The molecular weight excluding hydrogens is 280 g/mol. The third kappa shape index (κ3) is 4.48. The standard InChI is InChI=1S/C18H23ClN2/c1-14(2)12-20-13-15-9-10-16(19)11-18(15)21(3)17-7-5-4-6-8-17/h4-11,14,20H,12-13H2,1-3H3. The predicted molar refractivity (Wildman–Crippen MR) is 92.5 cm³/mol. The predicted octanol–water partition coefficient (Wildman–Crippen LogP) is 4.85. The summed E-state index contributed by atoms with van der Waals surface area (Å²) in [6.07, 6.45) is 0. The van der Waals surface area contributed by atoms with Crippen LogP contribution in [0.15, 0.2) is 48.5 Å². The second-order valence-electron chi connectivity index (χ2n) is 5.69. The number of para-hydroxylation sites is 1. The normalized spacial score (nSPS) is 10.9. The lowest BCUT2D eigenvalue weighted by Crippen LogP contribution is -2.21. The molecule has 112 valence electrons. The van der Waals surface area contributed by atoms with Crippen LogP contribution in [0.2, 0.25) is 5.02 Å². The van der Waals surface area contributed by atoms with Gasteiger partial charge in [-0.3, -0.25) is 0 Å². The highest BCUT2D eigenvalue weighted by atomic mass is 35.5. The minimum atomic E-state index is 0.646. The number of halogens is 1. The molecule has 2 aromatic carbocycles. The van der Waals surface area contributed by atoms with E-state index in [0.717, 1.165) is 29.5 Å². The molecule has 0 fully saturated rings. The minimum Gasteiger partial charge on any atom is -0.344 e. The smallest absolute Gasteiger partial charge is 0.0468 e. The molecule has 1 N–H and O–H groups in total. The van der Waals surface area contributed by atoms with E-state index in [9.17, 15) is 0 Å². The molecule has 2 nitrogen and oxygen atoms in total. The Morgan fingerprint density at radius 1 is 1.10 bits per heavy atom. The van der Waals surface area contributed by atoms with Crippen molar-refractivity contribution >= 4 is 23.0 Å². The summed E-state index contributed by atoms with van der Waals surface area (Å²) in [4.78, 5) is 2.18. The molecule has 0 unspecified atom stereocenters. The molecule has 2 aromatic rings. The van der Waals surface area contributed by atoms with Gasteiger partial charge in [0.1, 0.15) is 0 Å². The van der Waals surface area contributed by atoms with Gasteiger partial charge in [0.25, 0.3) is 0 Å². The van der Waals surface area contributed by atoms with Crippen molar-refractivity contribution in [2.24, 2.45) is 5.92 Å². The fraction of sp³-hybridized carbons (Fsp3) is 0.333. The van der Waals surface area contributed by atoms with Crippen LogP contribution in [-0.4, -0.2) is 13.6 Å². The fourth-order valence-corrected chi connectivity index (χ4v) is 2.45. The van der Waals surface area contributed by atoms with Crippen molar-refractivity contribution in [1.29, 1.82) is 0 Å². The van der Waals surface area contributed by atoms with Gasteiger partial charge in [0, 0.05) is 30.0 Å². The molecule has 0 atom stereocenters. The maximum absolute atomic E-state index is 6.19. The Morgan fingerprint density at radius 2 is 1.81 bits per heavy atom. The van der Waals surface area contributed by atoms with Crippen molar-refractivity contribution in [1.82, 2.24) is 5.32 Å². The van der Waals surface area contributed by atoms with Gasteiger partial charge >= 0.3 is 0 Å². The Kier molecular flexibility index (Phi) is 5.66. The van der Waals surface area contributed by atoms with Crippen LogP contribution in [-0.2, 0) is 6.54 Å². The molecule has 0 amide bonds. The Balaban J connectivity index is 2.22. The first-order valence-corrected chi connectivity index (χ1v) is 7.73. The molecule has 0 bridgehead atoms. The highest BCUT2D eigenvalue weighted by Crippen LogP contribution is 2.29. The van der Waals surface area contributed by atoms with Crippen LogP contribution in [0, 0.1) is 5.92 Å². The van der Waals surface area contributed by atoms with Gasteiger partial charge < -0.3 is 10.2 Å². The van der Waals surface area contributed by atoms with E-state index >= 15 is 0 Å². The van der Waals surface area contributed by atoms with Gasteiger partial charge in [-0.15, -0.1) is 0 Å². The second-order valence-corrected chi connectivity index (χ2v) is 6.13. The maximum Gasteiger partial charge on any atom is 0.0468 e. The average molecular weight is 303 g/mol. The first-order valence-electron chi connectivity index (χ1n) is 7.36. The number of nitrogens with zero attached hydrogens (tertiary/aromatic N) is 1. The van der Waals surface area contributed by atoms with Crippen LogP contribution in [0.5, 0.6) is 0 Å². The summed E-state index contributed by atoms with van der Waals surface area (Å²) >= 11 is 6.19. The maximum atomic E-state index is 6.19. The van der Waals surface area contributed by atoms with Gasteiger partial charge in [0.2, 0.25) is 0 Å². The van der Waals surface area contributed by atoms with E-state index < -0.39 is 0 Å². The quantitative estimate of drug-likeness (QED) is 0.820. The highest BCUT2D eigenvalue weighted by molar-refractivity contribution is 6.30. The highest BCUT2D eigenvalue weighted by Gasteiger charge is 2.10. The molecule has 0 spiro atoms. The van der Waals surface area contributed by atoms with Crippen molar-refractivity contribution in [2.45, 2.75) is 20.4 Å². The third-order valence-electron chi connectivity index (χ3n) is 3.42. The Labute approximate surface area is 132 Å². The molecule has 0 heterocycles. The SMILES string of the molecule is CC(C)CNCc1ccc(Cl)cc1N(C)c1ccccc1. The van der Waals surface area contributed by atoms with E-state index in [1.165, 1.54) is 5.56 Å². The van der Waals surface area contributed by atoms with Crippen molar-refractivity contribution in [2.75, 3.05) is 18.5 Å². The molecule has 0 saturated carbocycles. The number of hydrogen-bond donors (Lipinski definition) is 1. The molecular formula is C18H23ClN2. The number of anilines is 2. The molecule has 0 aliphatic heterocycles. The van der Waals surface area contributed by atoms with E-state index in [4.69, 9.17) is 11.6 Å². The lowest BCUT2D eigenvalue weighted by Gasteiger charge is -2.23. The first kappa shape index (κ1) is 15.9. The summed E-state index contributed by atoms with van der Waals surface area (Å²) in [5, 5.41) is 4.26.